The molecule has 8 nitrogen and oxygen atoms in total. The van der Waals surface area contributed by atoms with Gasteiger partial charge in [-0.05, 0) is 51.3 Å². The number of nitrogens with zero attached hydrogens (tertiary/aromatic N) is 4. The van der Waals surface area contributed by atoms with E-state index in [1.807, 2.05) is 11.8 Å². The molecular weight excluding hydrogens is 444 g/mol. The zero-order valence-corrected chi connectivity index (χ0v) is 19.2. The van der Waals surface area contributed by atoms with Gasteiger partial charge in [-0.1, -0.05) is 18.2 Å². The van der Waals surface area contributed by atoms with Crippen molar-refractivity contribution in [2.24, 2.45) is 0 Å². The summed E-state index contributed by atoms with van der Waals surface area (Å²) in [6.07, 6.45) is -2.40. The zero-order chi connectivity index (χ0) is 24.3. The molecule has 2 fully saturated rings. The van der Waals surface area contributed by atoms with Crippen molar-refractivity contribution in [3.05, 3.63) is 47.2 Å². The Labute approximate surface area is 195 Å². The Bertz CT molecular complexity index is 1240. The van der Waals surface area contributed by atoms with Crippen molar-refractivity contribution in [3.63, 3.8) is 0 Å². The van der Waals surface area contributed by atoms with Crippen molar-refractivity contribution >= 4 is 22.4 Å². The number of benzene rings is 1. The molecule has 1 aromatic carbocycles. The van der Waals surface area contributed by atoms with Crippen LogP contribution in [0.15, 0.2) is 30.3 Å². The Morgan fingerprint density at radius 2 is 1.97 bits per heavy atom. The highest BCUT2D eigenvalue weighted by atomic mass is 19.3. The minimum Gasteiger partial charge on any atom is -0.492 e. The smallest absolute Gasteiger partial charge is 0.383 e. The molecule has 34 heavy (non-hydrogen) atoms. The van der Waals surface area contributed by atoms with Gasteiger partial charge in [0.05, 0.1) is 29.0 Å². The summed E-state index contributed by atoms with van der Waals surface area (Å²) < 4.78 is 33.9. The second-order valence-corrected chi connectivity index (χ2v) is 9.54. The third-order valence-corrected chi connectivity index (χ3v) is 6.20. The Morgan fingerprint density at radius 3 is 2.65 bits per heavy atom. The van der Waals surface area contributed by atoms with Gasteiger partial charge >= 0.3 is 6.11 Å². The van der Waals surface area contributed by atoms with Gasteiger partial charge in [-0.25, -0.2) is 4.98 Å². The topological polar surface area (TPSA) is 104 Å². The number of hydrogen-bond acceptors (Lipinski definition) is 8. The first-order valence-electron chi connectivity index (χ1n) is 11.3. The van der Waals surface area contributed by atoms with E-state index in [9.17, 15) is 19.0 Å². The molecule has 0 bridgehead atoms. The highest BCUT2D eigenvalue weighted by Gasteiger charge is 2.40. The van der Waals surface area contributed by atoms with E-state index in [1.54, 1.807) is 32.0 Å². The maximum absolute atomic E-state index is 14.5. The molecule has 1 saturated heterocycles. The number of rotatable bonds is 7. The second-order valence-electron chi connectivity index (χ2n) is 9.54. The van der Waals surface area contributed by atoms with E-state index >= 15 is 0 Å². The number of aryl methyl sites for hydroxylation is 1. The van der Waals surface area contributed by atoms with Gasteiger partial charge in [0.1, 0.15) is 11.2 Å². The largest absolute Gasteiger partial charge is 0.492 e. The lowest BCUT2D eigenvalue weighted by Gasteiger charge is -2.45. The van der Waals surface area contributed by atoms with E-state index in [-0.39, 0.29) is 23.6 Å². The van der Waals surface area contributed by atoms with Gasteiger partial charge in [-0.2, -0.15) is 13.9 Å². The first kappa shape index (κ1) is 22.7. The lowest BCUT2D eigenvalue weighted by atomic mass is 9.96. The van der Waals surface area contributed by atoms with Gasteiger partial charge in [0.25, 0.3) is 0 Å². The third-order valence-electron chi connectivity index (χ3n) is 6.20. The van der Waals surface area contributed by atoms with Crippen molar-refractivity contribution in [1.29, 1.82) is 0 Å². The number of aromatic nitrogens is 3. The Morgan fingerprint density at radius 1 is 1.24 bits per heavy atom. The molecule has 10 heteroatoms. The van der Waals surface area contributed by atoms with Crippen LogP contribution in [-0.2, 0) is 10.8 Å². The predicted molar refractivity (Wildman–Crippen MR) is 123 cm³/mol. The Hall–Kier alpha value is -3.11. The maximum atomic E-state index is 14.5. The standard InChI is InChI=1S/C24H27F2N5O3/c1-13(15-5-4-6-16(9-15)24(25,26)34-17-7-8-17)27-21-18-10-19(31-11-23(3,33)12-31)22(32)28-20(18)14(2)29-30-21/h4-6,9-10,13,17,33H,7-8,11-12H2,1-3H3,(H,27,30)(H,28,32)/t13-/m1/s1. The van der Waals surface area contributed by atoms with Gasteiger partial charge in [-0.3, -0.25) is 0 Å². The number of nitrogens with one attached hydrogen (secondary N) is 1. The van der Waals surface area contributed by atoms with Gasteiger partial charge in [0.15, 0.2) is 5.82 Å². The number of hydrogen-bond donors (Lipinski definition) is 3. The number of ether oxygens (including phenoxy) is 1. The van der Waals surface area contributed by atoms with Crippen LogP contribution >= 0.6 is 0 Å². The zero-order valence-electron chi connectivity index (χ0n) is 19.2. The summed E-state index contributed by atoms with van der Waals surface area (Å²) in [5, 5.41) is 32.9. The van der Waals surface area contributed by atoms with Crippen LogP contribution in [-0.4, -0.2) is 50.2 Å². The molecule has 2 aliphatic rings. The SMILES string of the molecule is Cc1nnc(N[C@H](C)c2cccc(C(F)(F)OC3CC3)c2)c2cc(N3CC(C)(O)C3)c(O)nc12. The van der Waals surface area contributed by atoms with Crippen molar-refractivity contribution in [1.82, 2.24) is 15.2 Å². The number of alkyl halides is 2. The van der Waals surface area contributed by atoms with Crippen LogP contribution < -0.4 is 10.2 Å². The molecule has 0 unspecified atom stereocenters. The van der Waals surface area contributed by atoms with Crippen LogP contribution in [0.4, 0.5) is 20.3 Å². The van der Waals surface area contributed by atoms with Crippen LogP contribution in [0.5, 0.6) is 5.88 Å². The summed E-state index contributed by atoms with van der Waals surface area (Å²) >= 11 is 0. The van der Waals surface area contributed by atoms with Crippen LogP contribution in [0.2, 0.25) is 0 Å². The Balaban J connectivity index is 1.44. The van der Waals surface area contributed by atoms with Gasteiger partial charge in [-0.15, -0.1) is 5.10 Å². The summed E-state index contributed by atoms with van der Waals surface area (Å²) in [4.78, 5) is 6.15. The molecule has 3 aromatic rings. The molecule has 1 atom stereocenters. The number of fused-ring (bicyclic) bond motifs is 1. The molecule has 1 saturated carbocycles. The Kier molecular flexibility index (Phi) is 5.33. The van der Waals surface area contributed by atoms with Crippen LogP contribution in [0.3, 0.4) is 0 Å². The number of aliphatic hydroxyl groups is 1. The number of β-amino-alcohol motifs (C(OH)–C–C–N with tert-alkyl or cyclic N) is 1. The van der Waals surface area contributed by atoms with E-state index < -0.39 is 11.7 Å². The van der Waals surface area contributed by atoms with Gasteiger partial charge in [0.2, 0.25) is 5.88 Å². The molecule has 1 aliphatic heterocycles. The van der Waals surface area contributed by atoms with E-state index in [1.165, 1.54) is 12.1 Å². The average molecular weight is 472 g/mol. The van der Waals surface area contributed by atoms with Crippen molar-refractivity contribution in [3.8, 4) is 5.88 Å². The van der Waals surface area contributed by atoms with Crippen molar-refractivity contribution < 1.29 is 23.7 Å². The number of pyridine rings is 1. The lowest BCUT2D eigenvalue weighted by molar-refractivity contribution is -0.255. The monoisotopic (exact) mass is 471 g/mol. The molecule has 3 N–H and O–H groups in total. The molecule has 2 aromatic heterocycles. The van der Waals surface area contributed by atoms with E-state index in [0.717, 1.165) is 0 Å². The normalized spacial score (nSPS) is 18.6. The molecule has 1 aliphatic carbocycles. The molecule has 0 radical (unpaired) electrons. The highest BCUT2D eigenvalue weighted by Crippen LogP contribution is 2.39. The van der Waals surface area contributed by atoms with Crippen LogP contribution in [0, 0.1) is 6.92 Å². The quantitative estimate of drug-likeness (QED) is 0.475. The fourth-order valence-electron chi connectivity index (χ4n) is 4.20. The summed E-state index contributed by atoms with van der Waals surface area (Å²) in [6.45, 7) is 6.05. The average Bonchev–Trinajstić information content (AvgIpc) is 3.57. The first-order valence-corrected chi connectivity index (χ1v) is 11.3. The van der Waals surface area contributed by atoms with Crippen molar-refractivity contribution in [2.75, 3.05) is 23.3 Å². The second kappa shape index (κ2) is 7.99. The molecule has 0 amide bonds. The van der Waals surface area contributed by atoms with Crippen LogP contribution in [0.1, 0.15) is 49.6 Å². The molecular formula is C24H27F2N5O3. The minimum atomic E-state index is -3.35. The minimum absolute atomic E-state index is 0.149. The maximum Gasteiger partial charge on any atom is 0.383 e. The molecule has 0 spiro atoms. The molecule has 180 valence electrons. The summed E-state index contributed by atoms with van der Waals surface area (Å²) in [7, 11) is 0. The first-order chi connectivity index (χ1) is 16.0. The van der Waals surface area contributed by atoms with E-state index in [2.05, 4.69) is 20.5 Å². The van der Waals surface area contributed by atoms with Gasteiger partial charge in [0, 0.05) is 18.5 Å². The van der Waals surface area contributed by atoms with E-state index in [4.69, 9.17) is 4.74 Å². The predicted octanol–water partition coefficient (Wildman–Crippen LogP) is 4.01. The lowest BCUT2D eigenvalue weighted by Crippen LogP contribution is -2.60. The fourth-order valence-corrected chi connectivity index (χ4v) is 4.20. The fraction of sp³-hybridized carbons (Fsp3) is 0.458. The third kappa shape index (κ3) is 4.35. The summed E-state index contributed by atoms with van der Waals surface area (Å²) in [6, 6.07) is 7.52. The molecule has 5 rings (SSSR count). The number of anilines is 2. The van der Waals surface area contributed by atoms with Crippen LogP contribution in [0.25, 0.3) is 10.9 Å². The highest BCUT2D eigenvalue weighted by molar-refractivity contribution is 5.93. The van der Waals surface area contributed by atoms with Gasteiger partial charge < -0.3 is 25.2 Å². The number of halogens is 2. The number of aromatic hydroxyl groups is 1. The summed E-state index contributed by atoms with van der Waals surface area (Å²) in [5.41, 5.74) is 1.14. The summed E-state index contributed by atoms with van der Waals surface area (Å²) in [5.74, 6) is 0.268. The van der Waals surface area contributed by atoms with Crippen molar-refractivity contribution in [2.45, 2.75) is 57.5 Å². The molecule has 3 heterocycles. The van der Waals surface area contributed by atoms with E-state index in [0.29, 0.717) is 59.6 Å².